The maximum atomic E-state index is 7.32. The molecule has 0 saturated carbocycles. The van der Waals surface area contributed by atoms with E-state index in [9.17, 15) is 0 Å². The number of nitrogens with zero attached hydrogens (tertiary/aromatic N) is 3. The van der Waals surface area contributed by atoms with Crippen molar-refractivity contribution in [2.45, 2.75) is 41.5 Å². The first-order valence-electron chi connectivity index (χ1n) is 5.61. The third-order valence-corrected chi connectivity index (χ3v) is 1.35. The van der Waals surface area contributed by atoms with Crippen molar-refractivity contribution in [1.82, 2.24) is 0 Å². The van der Waals surface area contributed by atoms with Gasteiger partial charge in [-0.1, -0.05) is 37.2 Å². The van der Waals surface area contributed by atoms with E-state index in [-0.39, 0.29) is 125 Å². The van der Waals surface area contributed by atoms with Gasteiger partial charge in [-0.3, -0.25) is 0 Å². The Labute approximate surface area is 239 Å². The van der Waals surface area contributed by atoms with Crippen molar-refractivity contribution in [3.63, 3.8) is 0 Å². The van der Waals surface area contributed by atoms with E-state index in [2.05, 4.69) is 37.2 Å². The summed E-state index contributed by atoms with van der Waals surface area (Å²) in [5.41, 5.74) is 8.03. The monoisotopic (exact) mass is 825 g/mol. The van der Waals surface area contributed by atoms with Gasteiger partial charge >= 0.3 is 68.3 Å². The zero-order chi connectivity index (χ0) is 15.7. The second kappa shape index (κ2) is 138. The molecule has 0 heterocycles. The van der Waals surface area contributed by atoms with E-state index in [1.165, 1.54) is 20.8 Å². The number of hydrogen-bond donors (Lipinski definition) is 0. The molecule has 0 radical (unpaired) electrons. The first-order chi connectivity index (χ1) is 8.94. The summed E-state index contributed by atoms with van der Waals surface area (Å²) < 4.78 is 0. The van der Waals surface area contributed by atoms with Gasteiger partial charge in [0.2, 0.25) is 0 Å². The molecular formula is C16H19F12N3RuSb2. The minimum Gasteiger partial charge on any atom is -1.00 e. The largest absolute Gasteiger partial charge is 5.00 e. The van der Waals surface area contributed by atoms with Crippen LogP contribution in [-0.4, -0.2) is 48.9 Å². The summed E-state index contributed by atoms with van der Waals surface area (Å²) in [4.78, 5) is 0. The summed E-state index contributed by atoms with van der Waals surface area (Å²) in [6.07, 6.45) is 0. The molecule has 0 spiro atoms. The van der Waals surface area contributed by atoms with Crippen molar-refractivity contribution in [2.75, 3.05) is 0 Å². The molecule has 1 rings (SSSR count). The molecule has 34 heavy (non-hydrogen) atoms. The number of rotatable bonds is 1. The molecule has 0 aromatic carbocycles. The van der Waals surface area contributed by atoms with Crippen LogP contribution >= 0.6 is 0 Å². The van der Waals surface area contributed by atoms with E-state index >= 15 is 0 Å². The molecule has 0 atom stereocenters. The summed E-state index contributed by atoms with van der Waals surface area (Å²) >= 11 is 0. The Morgan fingerprint density at radius 2 is 0.765 bits per heavy atom. The molecule has 18 heteroatoms. The smallest absolute Gasteiger partial charge is 1.00 e. The number of halogens is 12. The molecule has 200 valence electrons. The van der Waals surface area contributed by atoms with Gasteiger partial charge in [0, 0.05) is 26.3 Å². The third-order valence-electron chi connectivity index (χ3n) is 1.35. The van der Waals surface area contributed by atoms with Crippen molar-refractivity contribution >= 4 is 48.9 Å². The average molecular weight is 826 g/mol. The summed E-state index contributed by atoms with van der Waals surface area (Å²) in [5, 5.41) is 22.0. The zero-order valence-corrected chi connectivity index (χ0v) is 25.0. The first-order valence-corrected chi connectivity index (χ1v) is 5.61. The Kier molecular flexibility index (Phi) is 616. The fourth-order valence-electron chi connectivity index (χ4n) is 0.673. The summed E-state index contributed by atoms with van der Waals surface area (Å²) in [6.45, 7) is 10.5. The van der Waals surface area contributed by atoms with Gasteiger partial charge in [0.1, 0.15) is 0 Å². The van der Waals surface area contributed by atoms with E-state index < -0.39 is 0 Å². The van der Waals surface area contributed by atoms with E-state index in [1.54, 1.807) is 18.2 Å². The molecule has 0 aliphatic heterocycles. The van der Waals surface area contributed by atoms with E-state index in [0.29, 0.717) is 5.92 Å². The fourth-order valence-corrected chi connectivity index (χ4v) is 0.673. The van der Waals surface area contributed by atoms with Crippen LogP contribution in [0.4, 0.5) is 0 Å². The topological polar surface area (TPSA) is 71.4 Å². The second-order valence-electron chi connectivity index (χ2n) is 3.36. The van der Waals surface area contributed by atoms with Gasteiger partial charge in [-0.2, -0.15) is 15.8 Å². The van der Waals surface area contributed by atoms with Crippen molar-refractivity contribution in [1.29, 1.82) is 15.8 Å². The number of nitriles is 3. The Morgan fingerprint density at radius 3 is 0.882 bits per heavy atom. The minimum atomic E-state index is 0. The SMILES string of the molecule is CC#N.CC#N.CC#N.CC1=C=C=C(C(C)C)C#C1.[F-].[F-].[F-].[F-].[F-].[F-].[F-].[F-].[F-].[F-].[F-].[F-].[Ru+2].[Sb+5].[Sb+5]. The van der Waals surface area contributed by atoms with Crippen LogP contribution in [-0.2, 0) is 19.5 Å². The van der Waals surface area contributed by atoms with Crippen LogP contribution in [0.1, 0.15) is 41.5 Å². The summed E-state index contributed by atoms with van der Waals surface area (Å²) in [7, 11) is 0. The van der Waals surface area contributed by atoms with Crippen LogP contribution < -0.4 is 56.5 Å². The first kappa shape index (κ1) is 152. The molecule has 1 aliphatic carbocycles. The molecule has 0 fully saturated rings. The van der Waals surface area contributed by atoms with Crippen LogP contribution in [0.15, 0.2) is 22.6 Å². The van der Waals surface area contributed by atoms with Crippen LogP contribution in [0.2, 0.25) is 0 Å². The van der Waals surface area contributed by atoms with Crippen molar-refractivity contribution < 1.29 is 75.9 Å². The molecule has 0 bridgehead atoms. The predicted octanol–water partition coefficient (Wildman–Crippen LogP) is -32.8. The van der Waals surface area contributed by atoms with Crippen LogP contribution in [0.3, 0.4) is 0 Å². The van der Waals surface area contributed by atoms with Gasteiger partial charge in [-0.05, 0) is 12.8 Å². The fraction of sp³-hybridized carbons (Fsp3) is 0.438. The molecule has 3 nitrogen and oxygen atoms in total. The van der Waals surface area contributed by atoms with Gasteiger partial charge in [-0.15, -0.1) is 0 Å². The van der Waals surface area contributed by atoms with E-state index in [0.717, 1.165) is 11.1 Å². The maximum absolute atomic E-state index is 7.32. The van der Waals surface area contributed by atoms with E-state index in [1.807, 2.05) is 6.92 Å². The summed E-state index contributed by atoms with van der Waals surface area (Å²) in [5.74, 6) is 6.47. The summed E-state index contributed by atoms with van der Waals surface area (Å²) in [6, 6.07) is 5.25. The third kappa shape index (κ3) is 167. The van der Waals surface area contributed by atoms with Crippen molar-refractivity contribution in [2.24, 2.45) is 5.92 Å². The Hall–Kier alpha value is -1.25. The van der Waals surface area contributed by atoms with Gasteiger partial charge in [0.15, 0.2) is 0 Å². The van der Waals surface area contributed by atoms with Gasteiger partial charge < -0.3 is 56.5 Å². The van der Waals surface area contributed by atoms with Crippen molar-refractivity contribution in [3.05, 3.63) is 22.6 Å². The normalized spacial score (nSPS) is 4.82. The quantitative estimate of drug-likeness (QED) is 0.114. The molecule has 0 saturated heterocycles. The second-order valence-corrected chi connectivity index (χ2v) is 3.36. The van der Waals surface area contributed by atoms with Crippen LogP contribution in [0, 0.1) is 51.8 Å². The Morgan fingerprint density at radius 1 is 0.559 bits per heavy atom. The van der Waals surface area contributed by atoms with Gasteiger partial charge in [0.05, 0.1) is 23.8 Å². The Balaban J connectivity index is -0.00000000610. The van der Waals surface area contributed by atoms with Gasteiger partial charge in [0.25, 0.3) is 0 Å². The molecule has 0 aromatic rings. The average Bonchev–Trinajstić information content (AvgIpc) is 2.32. The molecule has 0 aromatic heterocycles. The standard InChI is InChI=1S/C10H10.3C2H3N.12FH.Ru.2Sb/c1-8(2)10-6-4-9(3)5-7-10;3*1-2-3;;;;;;;;;;;;;;;/h8H,1-3H3;3*1H3;12*1H;;;/q;;;;;;;;;;;;;;;;+2;2*+5/p-12. The van der Waals surface area contributed by atoms with E-state index in [4.69, 9.17) is 15.8 Å². The van der Waals surface area contributed by atoms with Crippen LogP contribution in [0.5, 0.6) is 0 Å². The van der Waals surface area contributed by atoms with Gasteiger partial charge in [-0.25, -0.2) is 0 Å². The Bertz CT molecular complexity index is 540. The molecule has 0 unspecified atom stereocenters. The minimum absolute atomic E-state index is 0. The molecule has 0 N–H and O–H groups in total. The van der Waals surface area contributed by atoms with Crippen LogP contribution in [0.25, 0.3) is 0 Å². The molecule has 0 amide bonds. The van der Waals surface area contributed by atoms with Crippen molar-refractivity contribution in [3.8, 4) is 30.0 Å². The maximum Gasteiger partial charge on any atom is 5.00 e. The zero-order valence-electron chi connectivity index (χ0n) is 18.2. The number of allylic oxidation sites excluding steroid dienone is 2. The molecular weight excluding hydrogens is 807 g/mol. The number of hydrogen-bond acceptors (Lipinski definition) is 3. The molecule has 1 aliphatic rings. The predicted molar refractivity (Wildman–Crippen MR) is 87.7 cm³/mol.